The third-order valence-electron chi connectivity index (χ3n) is 4.32. The predicted molar refractivity (Wildman–Crippen MR) is 108 cm³/mol. The highest BCUT2D eigenvalue weighted by atomic mass is 16.5. The summed E-state index contributed by atoms with van der Waals surface area (Å²) in [5, 5.41) is 9.46. The monoisotopic (exact) mass is 387 g/mol. The van der Waals surface area contributed by atoms with Crippen LogP contribution in [0.25, 0.3) is 10.9 Å². The van der Waals surface area contributed by atoms with Crippen LogP contribution in [0.5, 0.6) is 17.2 Å². The SMILES string of the molecule is O=C(O)COc1cccc2[nH]c(C(=O)c3ccc(Oc4ccccc4)cc3)cc12. The van der Waals surface area contributed by atoms with Crippen LogP contribution in [0.1, 0.15) is 16.1 Å². The van der Waals surface area contributed by atoms with E-state index >= 15 is 0 Å². The quantitative estimate of drug-likeness (QED) is 0.451. The molecule has 0 radical (unpaired) electrons. The summed E-state index contributed by atoms with van der Waals surface area (Å²) in [7, 11) is 0. The van der Waals surface area contributed by atoms with Crippen molar-refractivity contribution in [3.05, 3.63) is 90.1 Å². The van der Waals surface area contributed by atoms with Crippen LogP contribution in [-0.2, 0) is 4.79 Å². The fourth-order valence-electron chi connectivity index (χ4n) is 2.97. The first-order valence-corrected chi connectivity index (χ1v) is 8.94. The van der Waals surface area contributed by atoms with Crippen LogP contribution in [0.3, 0.4) is 0 Å². The Morgan fingerprint density at radius 2 is 1.59 bits per heavy atom. The zero-order chi connectivity index (χ0) is 20.2. The number of aliphatic carboxylic acids is 1. The van der Waals surface area contributed by atoms with Gasteiger partial charge in [-0.2, -0.15) is 0 Å². The molecule has 0 bridgehead atoms. The van der Waals surface area contributed by atoms with Gasteiger partial charge in [-0.25, -0.2) is 4.79 Å². The van der Waals surface area contributed by atoms with E-state index in [1.54, 1.807) is 48.5 Å². The molecule has 6 nitrogen and oxygen atoms in total. The van der Waals surface area contributed by atoms with Crippen molar-refractivity contribution in [2.75, 3.05) is 6.61 Å². The van der Waals surface area contributed by atoms with Crippen LogP contribution in [0.2, 0.25) is 0 Å². The van der Waals surface area contributed by atoms with E-state index < -0.39 is 12.6 Å². The van der Waals surface area contributed by atoms with E-state index in [1.807, 2.05) is 30.3 Å². The molecule has 0 aliphatic carbocycles. The van der Waals surface area contributed by atoms with Gasteiger partial charge in [0.1, 0.15) is 17.2 Å². The lowest BCUT2D eigenvalue weighted by Gasteiger charge is -2.06. The third-order valence-corrected chi connectivity index (χ3v) is 4.32. The zero-order valence-corrected chi connectivity index (χ0v) is 15.3. The highest BCUT2D eigenvalue weighted by Gasteiger charge is 2.15. The first-order chi connectivity index (χ1) is 14.1. The molecule has 6 heteroatoms. The maximum atomic E-state index is 12.9. The number of fused-ring (bicyclic) bond motifs is 1. The van der Waals surface area contributed by atoms with Crippen molar-refractivity contribution < 1.29 is 24.2 Å². The number of hydrogen-bond acceptors (Lipinski definition) is 4. The molecule has 0 unspecified atom stereocenters. The topological polar surface area (TPSA) is 88.6 Å². The molecule has 4 aromatic rings. The number of H-pyrrole nitrogens is 1. The molecule has 1 heterocycles. The molecule has 0 amide bonds. The lowest BCUT2D eigenvalue weighted by molar-refractivity contribution is -0.139. The van der Waals surface area contributed by atoms with E-state index in [1.165, 1.54) is 0 Å². The highest BCUT2D eigenvalue weighted by molar-refractivity contribution is 6.10. The molecule has 0 saturated carbocycles. The number of carbonyl (C=O) groups is 2. The molecule has 3 aromatic carbocycles. The number of aromatic amines is 1. The average molecular weight is 387 g/mol. The fourth-order valence-corrected chi connectivity index (χ4v) is 2.97. The van der Waals surface area contributed by atoms with Crippen LogP contribution >= 0.6 is 0 Å². The summed E-state index contributed by atoms with van der Waals surface area (Å²) in [6, 6.07) is 23.2. The summed E-state index contributed by atoms with van der Waals surface area (Å²) >= 11 is 0. The van der Waals surface area contributed by atoms with Crippen molar-refractivity contribution in [2.45, 2.75) is 0 Å². The number of ether oxygens (including phenoxy) is 2. The van der Waals surface area contributed by atoms with Gasteiger partial charge in [-0.1, -0.05) is 24.3 Å². The van der Waals surface area contributed by atoms with Crippen molar-refractivity contribution in [3.8, 4) is 17.2 Å². The van der Waals surface area contributed by atoms with Crippen LogP contribution < -0.4 is 9.47 Å². The molecule has 1 aromatic heterocycles. The summed E-state index contributed by atoms with van der Waals surface area (Å²) in [5.41, 5.74) is 1.59. The van der Waals surface area contributed by atoms with E-state index in [0.717, 1.165) is 5.75 Å². The standard InChI is InChI=1S/C23H17NO5/c25-22(26)14-28-21-8-4-7-19-18(21)13-20(24-19)23(27)15-9-11-17(12-10-15)29-16-5-2-1-3-6-16/h1-13,24H,14H2,(H,25,26). The number of carboxylic acids is 1. The highest BCUT2D eigenvalue weighted by Crippen LogP contribution is 2.28. The van der Waals surface area contributed by atoms with Crippen LogP contribution in [-0.4, -0.2) is 28.4 Å². The minimum Gasteiger partial charge on any atom is -0.481 e. The largest absolute Gasteiger partial charge is 0.481 e. The number of carboxylic acid groups (broad SMARTS) is 1. The molecule has 0 aliphatic rings. The first kappa shape index (κ1) is 18.3. The summed E-state index contributed by atoms with van der Waals surface area (Å²) in [4.78, 5) is 26.7. The molecular weight excluding hydrogens is 370 g/mol. The number of carbonyl (C=O) groups excluding carboxylic acids is 1. The molecule has 29 heavy (non-hydrogen) atoms. The molecule has 0 spiro atoms. The summed E-state index contributed by atoms with van der Waals surface area (Å²) in [5.74, 6) is 0.514. The van der Waals surface area contributed by atoms with Gasteiger partial charge < -0.3 is 19.6 Å². The van der Waals surface area contributed by atoms with Gasteiger partial charge in [0, 0.05) is 16.5 Å². The summed E-state index contributed by atoms with van der Waals surface area (Å²) in [6.07, 6.45) is 0. The number of rotatable bonds is 7. The zero-order valence-electron chi connectivity index (χ0n) is 15.3. The Kier molecular flexibility index (Phi) is 4.99. The van der Waals surface area contributed by atoms with Crippen molar-refractivity contribution in [2.24, 2.45) is 0 Å². The lowest BCUT2D eigenvalue weighted by Crippen LogP contribution is -2.09. The number of nitrogens with one attached hydrogen (secondary N) is 1. The average Bonchev–Trinajstić information content (AvgIpc) is 3.18. The van der Waals surface area contributed by atoms with Gasteiger partial charge >= 0.3 is 5.97 Å². The van der Waals surface area contributed by atoms with Crippen LogP contribution in [0, 0.1) is 0 Å². The minimum absolute atomic E-state index is 0.184. The molecule has 0 aliphatic heterocycles. The minimum atomic E-state index is -1.06. The van der Waals surface area contributed by atoms with Crippen molar-refractivity contribution >= 4 is 22.7 Å². The number of benzene rings is 3. The number of ketones is 1. The van der Waals surface area contributed by atoms with Crippen LogP contribution in [0.15, 0.2) is 78.9 Å². The second-order valence-corrected chi connectivity index (χ2v) is 6.35. The Bertz CT molecular complexity index is 1160. The fraction of sp³-hybridized carbons (Fsp3) is 0.0435. The Balaban J connectivity index is 1.55. The molecule has 0 fully saturated rings. The Morgan fingerprint density at radius 1 is 0.862 bits per heavy atom. The van der Waals surface area contributed by atoms with Crippen molar-refractivity contribution in [3.63, 3.8) is 0 Å². The molecule has 0 saturated heterocycles. The Hall–Kier alpha value is -4.06. The lowest BCUT2D eigenvalue weighted by atomic mass is 10.1. The maximum absolute atomic E-state index is 12.9. The van der Waals surface area contributed by atoms with E-state index in [-0.39, 0.29) is 5.78 Å². The van der Waals surface area contributed by atoms with Gasteiger partial charge in [0.25, 0.3) is 0 Å². The molecule has 0 atom stereocenters. The smallest absolute Gasteiger partial charge is 0.341 e. The molecular formula is C23H17NO5. The second kappa shape index (κ2) is 7.90. The van der Waals surface area contributed by atoms with Gasteiger partial charge in [-0.3, -0.25) is 4.79 Å². The van der Waals surface area contributed by atoms with E-state index in [4.69, 9.17) is 14.6 Å². The summed E-state index contributed by atoms with van der Waals surface area (Å²) < 4.78 is 11.0. The number of aromatic nitrogens is 1. The van der Waals surface area contributed by atoms with E-state index in [2.05, 4.69) is 4.98 Å². The summed E-state index contributed by atoms with van der Waals surface area (Å²) in [6.45, 7) is -0.448. The maximum Gasteiger partial charge on any atom is 0.341 e. The number of para-hydroxylation sites is 1. The van der Waals surface area contributed by atoms with Crippen molar-refractivity contribution in [1.29, 1.82) is 0 Å². The Morgan fingerprint density at radius 3 is 2.31 bits per heavy atom. The molecule has 2 N–H and O–H groups in total. The van der Waals surface area contributed by atoms with Gasteiger partial charge in [-0.15, -0.1) is 0 Å². The van der Waals surface area contributed by atoms with E-state index in [9.17, 15) is 9.59 Å². The predicted octanol–water partition coefficient (Wildman–Crippen LogP) is 4.65. The van der Waals surface area contributed by atoms with Gasteiger partial charge in [0.15, 0.2) is 6.61 Å². The van der Waals surface area contributed by atoms with Gasteiger partial charge in [0.2, 0.25) is 5.78 Å². The van der Waals surface area contributed by atoms with Gasteiger partial charge in [0.05, 0.1) is 5.69 Å². The third kappa shape index (κ3) is 4.11. The second-order valence-electron chi connectivity index (χ2n) is 6.35. The molecule has 144 valence electrons. The van der Waals surface area contributed by atoms with Gasteiger partial charge in [-0.05, 0) is 54.6 Å². The van der Waals surface area contributed by atoms with E-state index in [0.29, 0.717) is 33.7 Å². The van der Waals surface area contributed by atoms with Crippen LogP contribution in [0.4, 0.5) is 0 Å². The normalized spacial score (nSPS) is 10.6. The Labute approximate surface area is 166 Å². The van der Waals surface area contributed by atoms with Crippen molar-refractivity contribution in [1.82, 2.24) is 4.98 Å². The first-order valence-electron chi connectivity index (χ1n) is 8.94. The number of hydrogen-bond donors (Lipinski definition) is 2. The molecule has 4 rings (SSSR count).